The van der Waals surface area contributed by atoms with Crippen LogP contribution in [-0.2, 0) is 18.0 Å². The van der Waals surface area contributed by atoms with Gasteiger partial charge in [-0.2, -0.15) is 18.3 Å². The Kier molecular flexibility index (Phi) is 5.97. The Hall–Kier alpha value is -2.89. The third-order valence-corrected chi connectivity index (χ3v) is 6.25. The summed E-state index contributed by atoms with van der Waals surface area (Å²) in [6.07, 6.45) is -2.15. The maximum Gasteiger partial charge on any atom is 0.416 e. The highest BCUT2D eigenvalue weighted by molar-refractivity contribution is 7.20. The fourth-order valence-corrected chi connectivity index (χ4v) is 4.64. The number of thiophene rings is 1. The first-order chi connectivity index (χ1) is 15.2. The molecule has 4 rings (SSSR count). The highest BCUT2D eigenvalue weighted by Gasteiger charge is 2.30. The molecular formula is C21H21F3N4O3S. The van der Waals surface area contributed by atoms with Crippen molar-refractivity contribution in [1.29, 1.82) is 0 Å². The van der Waals surface area contributed by atoms with Crippen molar-refractivity contribution in [3.05, 3.63) is 47.0 Å². The van der Waals surface area contributed by atoms with E-state index < -0.39 is 17.8 Å². The number of methoxy groups -OCH3 is 1. The molecule has 1 atom stereocenters. The van der Waals surface area contributed by atoms with Crippen molar-refractivity contribution in [1.82, 2.24) is 19.7 Å². The lowest BCUT2D eigenvalue weighted by Crippen LogP contribution is -2.37. The molecule has 1 aromatic carbocycles. The number of carbonyl (C=O) groups is 1. The van der Waals surface area contributed by atoms with Crippen molar-refractivity contribution in [2.24, 2.45) is 7.05 Å². The van der Waals surface area contributed by atoms with E-state index in [0.717, 1.165) is 22.9 Å². The molecule has 0 spiro atoms. The van der Waals surface area contributed by atoms with Gasteiger partial charge in [-0.05, 0) is 36.8 Å². The number of aliphatic hydroxyl groups excluding tert-OH is 1. The van der Waals surface area contributed by atoms with Crippen LogP contribution in [0.3, 0.4) is 0 Å². The molecule has 0 bridgehead atoms. The van der Waals surface area contributed by atoms with E-state index in [4.69, 9.17) is 4.74 Å². The number of amides is 1. The summed E-state index contributed by atoms with van der Waals surface area (Å²) in [4.78, 5) is 13.9. The first-order valence-electron chi connectivity index (χ1n) is 9.78. The number of aliphatic hydroxyl groups is 1. The van der Waals surface area contributed by atoms with Crippen LogP contribution in [0, 0.1) is 0 Å². The van der Waals surface area contributed by atoms with Crippen molar-refractivity contribution < 1.29 is 27.8 Å². The molecule has 0 aliphatic carbocycles. The van der Waals surface area contributed by atoms with Gasteiger partial charge in [0, 0.05) is 43.4 Å². The number of aromatic nitrogens is 3. The minimum absolute atomic E-state index is 0.218. The van der Waals surface area contributed by atoms with Crippen LogP contribution in [0.4, 0.5) is 13.2 Å². The summed E-state index contributed by atoms with van der Waals surface area (Å²) in [5, 5.41) is 18.3. The normalized spacial score (nSPS) is 13.2. The molecule has 7 nitrogen and oxygen atoms in total. The Morgan fingerprint density at radius 3 is 2.62 bits per heavy atom. The van der Waals surface area contributed by atoms with Crippen molar-refractivity contribution in [3.63, 3.8) is 0 Å². The topological polar surface area (TPSA) is 81.3 Å². The van der Waals surface area contributed by atoms with Crippen molar-refractivity contribution in [3.8, 4) is 5.69 Å². The van der Waals surface area contributed by atoms with E-state index in [1.54, 1.807) is 29.5 Å². The van der Waals surface area contributed by atoms with Crippen LogP contribution in [-0.4, -0.2) is 51.7 Å². The predicted octanol–water partition coefficient (Wildman–Crippen LogP) is 3.72. The molecule has 0 fully saturated rings. The number of rotatable bonds is 7. The summed E-state index contributed by atoms with van der Waals surface area (Å²) in [6.45, 7) is 0.178. The molecule has 0 aliphatic rings. The number of nitrogens with one attached hydrogen (secondary N) is 1. The fourth-order valence-electron chi connectivity index (χ4n) is 3.55. The number of carbonyl (C=O) groups excluding carboxylic acids is 1. The minimum atomic E-state index is -4.43. The molecule has 0 radical (unpaired) electrons. The number of nitrogens with zero attached hydrogens (tertiary/aromatic N) is 3. The second-order valence-corrected chi connectivity index (χ2v) is 8.41. The summed E-state index contributed by atoms with van der Waals surface area (Å²) >= 11 is 1.22. The fraction of sp³-hybridized carbons (Fsp3) is 0.333. The maximum atomic E-state index is 13.0. The molecule has 170 valence electrons. The Morgan fingerprint density at radius 2 is 2.00 bits per heavy atom. The first kappa shape index (κ1) is 22.3. The van der Waals surface area contributed by atoms with Crippen LogP contribution in [0.2, 0.25) is 0 Å². The van der Waals surface area contributed by atoms with Crippen molar-refractivity contribution >= 4 is 38.5 Å². The van der Waals surface area contributed by atoms with Gasteiger partial charge in [-0.3, -0.25) is 14.0 Å². The van der Waals surface area contributed by atoms with Gasteiger partial charge in [-0.25, -0.2) is 0 Å². The van der Waals surface area contributed by atoms with Crippen LogP contribution >= 0.6 is 11.3 Å². The standard InChI is InChI=1S/C21H21F3N4O3S/c1-27-10-16-15-9-17(19(30)25-13(11-29)7-8-31-2)32-20(15)28(18(16)26-27)14-5-3-12(4-6-14)21(22,23)24/h3-6,9-10,13,29H,7-8,11H2,1-2H3,(H,25,30). The van der Waals surface area contributed by atoms with Gasteiger partial charge >= 0.3 is 6.18 Å². The average molecular weight is 466 g/mol. The molecule has 32 heavy (non-hydrogen) atoms. The average Bonchev–Trinajstić information content (AvgIpc) is 3.40. The third-order valence-electron chi connectivity index (χ3n) is 5.13. The Labute approximate surface area is 185 Å². The molecule has 0 aliphatic heterocycles. The van der Waals surface area contributed by atoms with Crippen LogP contribution in [0.5, 0.6) is 0 Å². The number of aryl methyl sites for hydroxylation is 1. The molecule has 3 heterocycles. The maximum absolute atomic E-state index is 13.0. The molecule has 1 amide bonds. The number of alkyl halides is 3. The molecule has 0 saturated heterocycles. The van der Waals surface area contributed by atoms with E-state index in [0.29, 0.717) is 34.1 Å². The van der Waals surface area contributed by atoms with E-state index in [9.17, 15) is 23.1 Å². The van der Waals surface area contributed by atoms with Gasteiger partial charge in [0.2, 0.25) is 0 Å². The van der Waals surface area contributed by atoms with Gasteiger partial charge in [-0.15, -0.1) is 11.3 Å². The highest BCUT2D eigenvalue weighted by Crippen LogP contribution is 2.37. The summed E-state index contributed by atoms with van der Waals surface area (Å²) in [7, 11) is 3.30. The quantitative estimate of drug-likeness (QED) is 0.435. The minimum Gasteiger partial charge on any atom is -0.394 e. The molecule has 4 aromatic rings. The lowest BCUT2D eigenvalue weighted by Gasteiger charge is -2.15. The largest absolute Gasteiger partial charge is 0.416 e. The second kappa shape index (κ2) is 8.57. The van der Waals surface area contributed by atoms with Crippen LogP contribution in [0.15, 0.2) is 36.5 Å². The predicted molar refractivity (Wildman–Crippen MR) is 115 cm³/mol. The first-order valence-corrected chi connectivity index (χ1v) is 10.6. The Morgan fingerprint density at radius 1 is 1.28 bits per heavy atom. The van der Waals surface area contributed by atoms with E-state index in [-0.39, 0.29) is 12.5 Å². The van der Waals surface area contributed by atoms with Crippen LogP contribution in [0.1, 0.15) is 21.7 Å². The van der Waals surface area contributed by atoms with Crippen molar-refractivity contribution in [2.45, 2.75) is 18.6 Å². The van der Waals surface area contributed by atoms with E-state index in [1.807, 2.05) is 6.20 Å². The number of hydrogen-bond donors (Lipinski definition) is 2. The van der Waals surface area contributed by atoms with Crippen molar-refractivity contribution in [2.75, 3.05) is 20.3 Å². The number of halogens is 3. The Balaban J connectivity index is 1.76. The lowest BCUT2D eigenvalue weighted by molar-refractivity contribution is -0.137. The summed E-state index contributed by atoms with van der Waals surface area (Å²) in [5.41, 5.74) is 0.367. The van der Waals surface area contributed by atoms with Gasteiger partial charge in [-0.1, -0.05) is 0 Å². The SMILES string of the molecule is COCCC(CO)NC(=O)c1cc2c3cn(C)nc3n(-c3ccc(C(F)(F)F)cc3)c2s1. The number of ether oxygens (including phenoxy) is 1. The molecule has 0 saturated carbocycles. The summed E-state index contributed by atoms with van der Waals surface area (Å²) < 4.78 is 47.3. The van der Waals surface area contributed by atoms with Gasteiger partial charge in [0.1, 0.15) is 4.83 Å². The van der Waals surface area contributed by atoms with Gasteiger partial charge < -0.3 is 15.2 Å². The highest BCUT2D eigenvalue weighted by atomic mass is 32.1. The molecule has 2 N–H and O–H groups in total. The smallest absolute Gasteiger partial charge is 0.394 e. The molecular weight excluding hydrogens is 445 g/mol. The number of hydrogen-bond acceptors (Lipinski definition) is 5. The molecule has 1 unspecified atom stereocenters. The molecule has 11 heteroatoms. The van der Waals surface area contributed by atoms with Crippen LogP contribution < -0.4 is 5.32 Å². The van der Waals surface area contributed by atoms with Gasteiger partial charge in [0.15, 0.2) is 5.65 Å². The Bertz CT molecular complexity index is 1260. The monoisotopic (exact) mass is 466 g/mol. The van der Waals surface area contributed by atoms with Gasteiger partial charge in [0.25, 0.3) is 5.91 Å². The summed E-state index contributed by atoms with van der Waals surface area (Å²) in [6, 6.07) is 6.13. The zero-order valence-electron chi connectivity index (χ0n) is 17.3. The zero-order valence-corrected chi connectivity index (χ0v) is 18.1. The molecule has 3 aromatic heterocycles. The van der Waals surface area contributed by atoms with Gasteiger partial charge in [0.05, 0.1) is 23.1 Å². The zero-order chi connectivity index (χ0) is 23.0. The lowest BCUT2D eigenvalue weighted by atomic mass is 10.2. The number of fused-ring (bicyclic) bond motifs is 3. The van der Waals surface area contributed by atoms with Crippen LogP contribution in [0.25, 0.3) is 26.9 Å². The van der Waals surface area contributed by atoms with E-state index >= 15 is 0 Å². The van der Waals surface area contributed by atoms with E-state index in [1.165, 1.54) is 23.5 Å². The second-order valence-electron chi connectivity index (χ2n) is 7.38. The number of benzene rings is 1. The van der Waals surface area contributed by atoms with E-state index in [2.05, 4.69) is 10.4 Å². The summed E-state index contributed by atoms with van der Waals surface area (Å²) in [5.74, 6) is -0.336. The third kappa shape index (κ3) is 4.10.